The number of hydrogen-bond acceptors (Lipinski definition) is 4. The maximum Gasteiger partial charge on any atom is 0.328 e. The summed E-state index contributed by atoms with van der Waals surface area (Å²) in [5, 5.41) is 2.67. The van der Waals surface area contributed by atoms with Crippen LogP contribution in [0.3, 0.4) is 0 Å². The fourth-order valence-corrected chi connectivity index (χ4v) is 2.31. The summed E-state index contributed by atoms with van der Waals surface area (Å²) in [4.78, 5) is 35.8. The standard InChI is InChI=1S/C19H19NO4/c1-13(21)15-9-6-10-16(12-15)18(22)20-17(19(23)24-2)11-14-7-4-3-5-8-14/h3-10,12,17H,11H2,1-2H3,(H,20,22)/t17-/m0/s1. The van der Waals surface area contributed by atoms with Crippen molar-refractivity contribution in [1.29, 1.82) is 0 Å². The Hall–Kier alpha value is -2.95. The summed E-state index contributed by atoms with van der Waals surface area (Å²) in [6.07, 6.45) is 0.325. The van der Waals surface area contributed by atoms with Gasteiger partial charge < -0.3 is 10.1 Å². The summed E-state index contributed by atoms with van der Waals surface area (Å²) in [6.45, 7) is 1.43. The third kappa shape index (κ3) is 4.52. The summed E-state index contributed by atoms with van der Waals surface area (Å²) in [5.74, 6) is -1.07. The molecule has 0 aliphatic carbocycles. The number of amides is 1. The minimum atomic E-state index is -0.800. The van der Waals surface area contributed by atoms with E-state index in [1.54, 1.807) is 18.2 Å². The van der Waals surface area contributed by atoms with Crippen molar-refractivity contribution >= 4 is 17.7 Å². The van der Waals surface area contributed by atoms with Gasteiger partial charge in [-0.05, 0) is 24.6 Å². The van der Waals surface area contributed by atoms with Gasteiger partial charge in [0.2, 0.25) is 0 Å². The van der Waals surface area contributed by atoms with Gasteiger partial charge in [-0.15, -0.1) is 0 Å². The first-order valence-corrected chi connectivity index (χ1v) is 7.55. The largest absolute Gasteiger partial charge is 0.467 e. The summed E-state index contributed by atoms with van der Waals surface area (Å²) in [7, 11) is 1.28. The highest BCUT2D eigenvalue weighted by molar-refractivity contribution is 6.00. The molecule has 2 aromatic carbocycles. The van der Waals surface area contributed by atoms with Gasteiger partial charge in [0.25, 0.3) is 5.91 Å². The highest BCUT2D eigenvalue weighted by Gasteiger charge is 2.22. The lowest BCUT2D eigenvalue weighted by atomic mass is 10.0. The van der Waals surface area contributed by atoms with Crippen molar-refractivity contribution in [1.82, 2.24) is 5.32 Å². The lowest BCUT2D eigenvalue weighted by Crippen LogP contribution is -2.43. The van der Waals surface area contributed by atoms with Crippen LogP contribution < -0.4 is 5.32 Å². The summed E-state index contributed by atoms with van der Waals surface area (Å²) < 4.78 is 4.78. The van der Waals surface area contributed by atoms with Crippen LogP contribution in [0.1, 0.15) is 33.2 Å². The van der Waals surface area contributed by atoms with Crippen molar-refractivity contribution in [3.8, 4) is 0 Å². The van der Waals surface area contributed by atoms with Crippen LogP contribution in [0.5, 0.6) is 0 Å². The Balaban J connectivity index is 2.16. The normalized spacial score (nSPS) is 11.4. The average Bonchev–Trinajstić information content (AvgIpc) is 2.61. The van der Waals surface area contributed by atoms with E-state index in [2.05, 4.69) is 5.32 Å². The third-order valence-electron chi connectivity index (χ3n) is 3.60. The van der Waals surface area contributed by atoms with E-state index in [-0.39, 0.29) is 5.78 Å². The Kier molecular flexibility index (Phi) is 5.84. The molecule has 124 valence electrons. The minimum absolute atomic E-state index is 0.126. The highest BCUT2D eigenvalue weighted by Crippen LogP contribution is 2.09. The molecule has 1 N–H and O–H groups in total. The van der Waals surface area contributed by atoms with E-state index in [1.807, 2.05) is 30.3 Å². The number of esters is 1. The molecule has 5 heteroatoms. The molecule has 0 saturated heterocycles. The van der Waals surface area contributed by atoms with Gasteiger partial charge in [-0.1, -0.05) is 42.5 Å². The topological polar surface area (TPSA) is 72.5 Å². The molecule has 0 radical (unpaired) electrons. The van der Waals surface area contributed by atoms with Gasteiger partial charge in [0.05, 0.1) is 7.11 Å². The molecule has 0 fully saturated rings. The third-order valence-corrected chi connectivity index (χ3v) is 3.60. The molecule has 0 heterocycles. The number of Topliss-reactive ketones (excluding diaryl/α,β-unsaturated/α-hetero) is 1. The Morgan fingerprint density at radius 3 is 2.29 bits per heavy atom. The predicted molar refractivity (Wildman–Crippen MR) is 89.9 cm³/mol. The number of methoxy groups -OCH3 is 1. The first-order valence-electron chi connectivity index (χ1n) is 7.55. The predicted octanol–water partition coefficient (Wildman–Crippen LogP) is 2.40. The maximum absolute atomic E-state index is 12.4. The fraction of sp³-hybridized carbons (Fsp3) is 0.211. The number of carbonyl (C=O) groups is 3. The van der Waals surface area contributed by atoms with Crippen LogP contribution >= 0.6 is 0 Å². The summed E-state index contributed by atoms with van der Waals surface area (Å²) in [5.41, 5.74) is 1.68. The zero-order valence-corrected chi connectivity index (χ0v) is 13.6. The Labute approximate surface area is 140 Å². The number of hydrogen-bond donors (Lipinski definition) is 1. The van der Waals surface area contributed by atoms with Crippen LogP contribution in [0, 0.1) is 0 Å². The number of benzene rings is 2. The smallest absolute Gasteiger partial charge is 0.328 e. The molecule has 0 aromatic heterocycles. The molecule has 0 aliphatic heterocycles. The van der Waals surface area contributed by atoms with Crippen molar-refractivity contribution < 1.29 is 19.1 Å². The lowest BCUT2D eigenvalue weighted by molar-refractivity contribution is -0.142. The lowest BCUT2D eigenvalue weighted by Gasteiger charge is -2.17. The Morgan fingerprint density at radius 1 is 1.00 bits per heavy atom. The van der Waals surface area contributed by atoms with Crippen molar-refractivity contribution in [2.45, 2.75) is 19.4 Å². The first-order chi connectivity index (χ1) is 11.5. The molecule has 2 rings (SSSR count). The highest BCUT2D eigenvalue weighted by atomic mass is 16.5. The van der Waals surface area contributed by atoms with Gasteiger partial charge in [-0.2, -0.15) is 0 Å². The second-order valence-electron chi connectivity index (χ2n) is 5.38. The molecule has 0 bridgehead atoms. The van der Waals surface area contributed by atoms with Gasteiger partial charge in [-0.3, -0.25) is 9.59 Å². The SMILES string of the molecule is COC(=O)[C@H](Cc1ccccc1)NC(=O)c1cccc(C(C)=O)c1. The Morgan fingerprint density at radius 2 is 1.67 bits per heavy atom. The van der Waals surface area contributed by atoms with E-state index in [0.717, 1.165) is 5.56 Å². The van der Waals surface area contributed by atoms with E-state index in [4.69, 9.17) is 4.74 Å². The van der Waals surface area contributed by atoms with E-state index < -0.39 is 17.9 Å². The monoisotopic (exact) mass is 325 g/mol. The van der Waals surface area contributed by atoms with E-state index in [0.29, 0.717) is 17.5 Å². The number of ketones is 1. The number of nitrogens with one attached hydrogen (secondary N) is 1. The van der Waals surface area contributed by atoms with Crippen LogP contribution in [0.2, 0.25) is 0 Å². The second kappa shape index (κ2) is 8.06. The van der Waals surface area contributed by atoms with Crippen molar-refractivity contribution in [3.05, 3.63) is 71.3 Å². The first kappa shape index (κ1) is 17.4. The van der Waals surface area contributed by atoms with Gasteiger partial charge in [0.1, 0.15) is 6.04 Å². The molecule has 1 amide bonds. The molecule has 5 nitrogen and oxygen atoms in total. The summed E-state index contributed by atoms with van der Waals surface area (Å²) >= 11 is 0. The number of carbonyl (C=O) groups excluding carboxylic acids is 3. The minimum Gasteiger partial charge on any atom is -0.467 e. The quantitative estimate of drug-likeness (QED) is 0.654. The molecule has 2 aromatic rings. The molecule has 1 atom stereocenters. The zero-order chi connectivity index (χ0) is 17.5. The van der Waals surface area contributed by atoms with Crippen LogP contribution in [-0.4, -0.2) is 30.8 Å². The molecule has 0 aliphatic rings. The van der Waals surface area contributed by atoms with Crippen molar-refractivity contribution in [2.75, 3.05) is 7.11 Å². The van der Waals surface area contributed by atoms with Crippen LogP contribution in [0.15, 0.2) is 54.6 Å². The number of rotatable bonds is 6. The average molecular weight is 325 g/mol. The van der Waals surface area contributed by atoms with Gasteiger partial charge in [-0.25, -0.2) is 4.79 Å². The molecular weight excluding hydrogens is 306 g/mol. The van der Waals surface area contributed by atoms with Gasteiger partial charge in [0.15, 0.2) is 5.78 Å². The molecule has 24 heavy (non-hydrogen) atoms. The van der Waals surface area contributed by atoms with Crippen molar-refractivity contribution in [2.24, 2.45) is 0 Å². The van der Waals surface area contributed by atoms with E-state index >= 15 is 0 Å². The van der Waals surface area contributed by atoms with E-state index in [1.165, 1.54) is 20.1 Å². The van der Waals surface area contributed by atoms with Crippen LogP contribution in [-0.2, 0) is 16.0 Å². The zero-order valence-electron chi connectivity index (χ0n) is 13.6. The fourth-order valence-electron chi connectivity index (χ4n) is 2.31. The summed E-state index contributed by atoms with van der Waals surface area (Å²) in [6, 6.07) is 14.9. The number of ether oxygens (including phenoxy) is 1. The molecule has 0 saturated carbocycles. The van der Waals surface area contributed by atoms with Crippen LogP contribution in [0.4, 0.5) is 0 Å². The van der Waals surface area contributed by atoms with Crippen LogP contribution in [0.25, 0.3) is 0 Å². The van der Waals surface area contributed by atoms with Gasteiger partial charge in [0, 0.05) is 17.5 Å². The molecule has 0 unspecified atom stereocenters. The molecular formula is C19H19NO4. The maximum atomic E-state index is 12.4. The van der Waals surface area contributed by atoms with E-state index in [9.17, 15) is 14.4 Å². The van der Waals surface area contributed by atoms with Gasteiger partial charge >= 0.3 is 5.97 Å². The second-order valence-corrected chi connectivity index (χ2v) is 5.38. The Bertz CT molecular complexity index is 740. The molecule has 0 spiro atoms. The van der Waals surface area contributed by atoms with Crippen molar-refractivity contribution in [3.63, 3.8) is 0 Å².